The van der Waals surface area contributed by atoms with Crippen LogP contribution in [0.2, 0.25) is 0 Å². The molecule has 1 saturated carbocycles. The van der Waals surface area contributed by atoms with Crippen LogP contribution in [0.5, 0.6) is 0 Å². The number of likely N-dealkylation sites (N-methyl/N-ethyl adjacent to an activating group) is 1. The number of rotatable bonds is 5. The summed E-state index contributed by atoms with van der Waals surface area (Å²) < 4.78 is 1.97. The minimum absolute atomic E-state index is 0.302. The molecule has 0 amide bonds. The molecule has 2 atom stereocenters. The molecular weight excluding hydrogens is 238 g/mol. The molecule has 0 radical (unpaired) electrons. The van der Waals surface area contributed by atoms with Crippen molar-refractivity contribution < 1.29 is 0 Å². The van der Waals surface area contributed by atoms with E-state index >= 15 is 0 Å². The summed E-state index contributed by atoms with van der Waals surface area (Å²) in [6.45, 7) is 4.19. The van der Waals surface area contributed by atoms with Crippen molar-refractivity contribution >= 4 is 0 Å². The van der Waals surface area contributed by atoms with Gasteiger partial charge in [-0.1, -0.05) is 19.8 Å². The second-order valence-electron chi connectivity index (χ2n) is 6.28. The van der Waals surface area contributed by atoms with Crippen LogP contribution >= 0.6 is 0 Å². The van der Waals surface area contributed by atoms with E-state index in [1.165, 1.54) is 25.7 Å². The maximum atomic E-state index is 4.12. The van der Waals surface area contributed by atoms with E-state index in [1.54, 1.807) is 6.33 Å². The summed E-state index contributed by atoms with van der Waals surface area (Å²) in [6.07, 6.45) is 7.03. The Morgan fingerprint density at radius 1 is 1.53 bits per heavy atom. The molecule has 0 aromatic carbocycles. The third-order valence-corrected chi connectivity index (χ3v) is 4.56. The fraction of sp³-hybridized carbons (Fsp3) is 0.857. The third kappa shape index (κ3) is 3.34. The normalized spacial score (nSPS) is 27.9. The second kappa shape index (κ2) is 6.01. The first kappa shape index (κ1) is 14.5. The molecule has 0 saturated heterocycles. The van der Waals surface area contributed by atoms with Gasteiger partial charge >= 0.3 is 0 Å². The summed E-state index contributed by atoms with van der Waals surface area (Å²) in [6, 6.07) is 0. The lowest BCUT2D eigenvalue weighted by Crippen LogP contribution is -2.54. The summed E-state index contributed by atoms with van der Waals surface area (Å²) in [4.78, 5) is 2.41. The van der Waals surface area contributed by atoms with Gasteiger partial charge in [0.05, 0.1) is 6.54 Å². The molecule has 1 aromatic rings. The van der Waals surface area contributed by atoms with Crippen molar-refractivity contribution in [3.05, 3.63) is 12.2 Å². The molecule has 1 heterocycles. The summed E-state index contributed by atoms with van der Waals surface area (Å²) >= 11 is 0. The van der Waals surface area contributed by atoms with Crippen molar-refractivity contribution in [2.75, 3.05) is 20.6 Å². The molecular formula is C14H27N5. The predicted molar refractivity (Wildman–Crippen MR) is 76.8 cm³/mol. The molecule has 1 aromatic heterocycles. The molecule has 1 aliphatic rings. The zero-order valence-electron chi connectivity index (χ0n) is 12.7. The van der Waals surface area contributed by atoms with Gasteiger partial charge in [-0.25, -0.2) is 0 Å². The number of aromatic nitrogens is 3. The van der Waals surface area contributed by atoms with Crippen LogP contribution < -0.4 is 5.32 Å². The smallest absolute Gasteiger partial charge is 0.146 e. The Hall–Kier alpha value is -0.940. The minimum atomic E-state index is 0.302. The standard InChI is InChI=1S/C14H27N5/c1-12-6-5-7-14(8-12,18(2)3)10-15-9-13-17-16-11-19(13)4/h11-12,15H,5-10H2,1-4H3. The summed E-state index contributed by atoms with van der Waals surface area (Å²) in [5.74, 6) is 1.82. The highest BCUT2D eigenvalue weighted by Gasteiger charge is 2.36. The lowest BCUT2D eigenvalue weighted by atomic mass is 9.75. The minimum Gasteiger partial charge on any atom is -0.320 e. The van der Waals surface area contributed by atoms with Crippen LogP contribution in [0.4, 0.5) is 0 Å². The van der Waals surface area contributed by atoms with Gasteiger partial charge in [-0.3, -0.25) is 0 Å². The number of nitrogens with one attached hydrogen (secondary N) is 1. The van der Waals surface area contributed by atoms with Crippen LogP contribution in [-0.2, 0) is 13.6 Å². The molecule has 5 nitrogen and oxygen atoms in total. The van der Waals surface area contributed by atoms with Gasteiger partial charge in [-0.2, -0.15) is 0 Å². The Morgan fingerprint density at radius 2 is 2.32 bits per heavy atom. The van der Waals surface area contributed by atoms with E-state index in [2.05, 4.69) is 41.4 Å². The molecule has 0 spiro atoms. The van der Waals surface area contributed by atoms with Gasteiger partial charge in [0.25, 0.3) is 0 Å². The van der Waals surface area contributed by atoms with Crippen LogP contribution in [0.15, 0.2) is 6.33 Å². The Kier molecular flexibility index (Phi) is 4.58. The molecule has 108 valence electrons. The molecule has 1 fully saturated rings. The van der Waals surface area contributed by atoms with Crippen molar-refractivity contribution in [2.45, 2.75) is 44.7 Å². The van der Waals surface area contributed by atoms with Gasteiger partial charge in [0.1, 0.15) is 12.2 Å². The van der Waals surface area contributed by atoms with Crippen molar-refractivity contribution in [2.24, 2.45) is 13.0 Å². The summed E-state index contributed by atoms with van der Waals surface area (Å²) in [5.41, 5.74) is 0.302. The quantitative estimate of drug-likeness (QED) is 0.874. The van der Waals surface area contributed by atoms with Gasteiger partial charge in [0.2, 0.25) is 0 Å². The highest BCUT2D eigenvalue weighted by atomic mass is 15.3. The average Bonchev–Trinajstić information content (AvgIpc) is 2.75. The third-order valence-electron chi connectivity index (χ3n) is 4.56. The Balaban J connectivity index is 1.92. The Bertz CT molecular complexity index is 400. The lowest BCUT2D eigenvalue weighted by Gasteiger charge is -2.45. The van der Waals surface area contributed by atoms with E-state index in [4.69, 9.17) is 0 Å². The van der Waals surface area contributed by atoms with Gasteiger partial charge in [-0.15, -0.1) is 10.2 Å². The van der Waals surface area contributed by atoms with Crippen molar-refractivity contribution in [3.8, 4) is 0 Å². The molecule has 2 rings (SSSR count). The van der Waals surface area contributed by atoms with Crippen molar-refractivity contribution in [3.63, 3.8) is 0 Å². The zero-order valence-corrected chi connectivity index (χ0v) is 12.7. The Labute approximate surface area is 116 Å². The van der Waals surface area contributed by atoms with Gasteiger partial charge < -0.3 is 14.8 Å². The molecule has 19 heavy (non-hydrogen) atoms. The topological polar surface area (TPSA) is 46.0 Å². The van der Waals surface area contributed by atoms with Gasteiger partial charge in [0, 0.05) is 19.1 Å². The van der Waals surface area contributed by atoms with E-state index in [0.717, 1.165) is 24.8 Å². The van der Waals surface area contributed by atoms with Crippen LogP contribution in [0, 0.1) is 5.92 Å². The number of hydrogen-bond acceptors (Lipinski definition) is 4. The molecule has 0 aliphatic heterocycles. The summed E-state index contributed by atoms with van der Waals surface area (Å²) in [5, 5.41) is 11.6. The highest BCUT2D eigenvalue weighted by Crippen LogP contribution is 2.35. The fourth-order valence-electron chi connectivity index (χ4n) is 3.23. The molecule has 1 aliphatic carbocycles. The summed E-state index contributed by atoms with van der Waals surface area (Å²) in [7, 11) is 6.41. The maximum absolute atomic E-state index is 4.12. The highest BCUT2D eigenvalue weighted by molar-refractivity contribution is 4.95. The Morgan fingerprint density at radius 3 is 2.89 bits per heavy atom. The zero-order chi connectivity index (χ0) is 13.9. The van der Waals surface area contributed by atoms with Crippen LogP contribution in [0.25, 0.3) is 0 Å². The van der Waals surface area contributed by atoms with E-state index in [1.807, 2.05) is 11.6 Å². The first-order valence-electron chi connectivity index (χ1n) is 7.24. The molecule has 0 bridgehead atoms. The molecule has 2 unspecified atom stereocenters. The SMILES string of the molecule is CC1CCCC(CNCc2nncn2C)(N(C)C)C1. The monoisotopic (exact) mass is 265 g/mol. The average molecular weight is 265 g/mol. The molecule has 5 heteroatoms. The van der Waals surface area contributed by atoms with Crippen LogP contribution in [0.3, 0.4) is 0 Å². The second-order valence-corrected chi connectivity index (χ2v) is 6.28. The first-order chi connectivity index (χ1) is 9.03. The largest absolute Gasteiger partial charge is 0.320 e. The van der Waals surface area contributed by atoms with Gasteiger partial charge in [-0.05, 0) is 32.9 Å². The fourth-order valence-corrected chi connectivity index (χ4v) is 3.23. The lowest BCUT2D eigenvalue weighted by molar-refractivity contribution is 0.0747. The van der Waals surface area contributed by atoms with Gasteiger partial charge in [0.15, 0.2) is 0 Å². The van der Waals surface area contributed by atoms with Crippen LogP contribution in [0.1, 0.15) is 38.4 Å². The first-order valence-corrected chi connectivity index (χ1v) is 7.24. The maximum Gasteiger partial charge on any atom is 0.146 e. The van der Waals surface area contributed by atoms with Crippen LogP contribution in [-0.4, -0.2) is 45.8 Å². The van der Waals surface area contributed by atoms with Crippen molar-refractivity contribution in [1.29, 1.82) is 0 Å². The van der Waals surface area contributed by atoms with E-state index in [0.29, 0.717) is 5.54 Å². The number of aryl methyl sites for hydroxylation is 1. The predicted octanol–water partition coefficient (Wildman–Crippen LogP) is 1.42. The number of hydrogen-bond donors (Lipinski definition) is 1. The van der Waals surface area contributed by atoms with E-state index in [9.17, 15) is 0 Å². The van der Waals surface area contributed by atoms with Crippen molar-refractivity contribution in [1.82, 2.24) is 25.0 Å². The van der Waals surface area contributed by atoms with E-state index in [-0.39, 0.29) is 0 Å². The number of nitrogens with zero attached hydrogens (tertiary/aromatic N) is 4. The van der Waals surface area contributed by atoms with E-state index < -0.39 is 0 Å². The molecule has 1 N–H and O–H groups in total.